The van der Waals surface area contributed by atoms with Gasteiger partial charge in [-0.05, 0) is 86.8 Å². The molecule has 1 aliphatic carbocycles. The molecule has 0 bridgehead atoms. The molecule has 29 heavy (non-hydrogen) atoms. The predicted octanol–water partition coefficient (Wildman–Crippen LogP) is 6.16. The van der Waals surface area contributed by atoms with Gasteiger partial charge in [0.2, 0.25) is 0 Å². The number of hydrogen-bond acceptors (Lipinski definition) is 2. The lowest BCUT2D eigenvalue weighted by atomic mass is 9.70. The number of hydrogen-bond donors (Lipinski definition) is 2. The molecule has 0 radical (unpaired) electrons. The second-order valence-corrected chi connectivity index (χ2v) is 8.66. The minimum Gasteiger partial charge on any atom is -0.508 e. The van der Waals surface area contributed by atoms with Crippen LogP contribution >= 0.6 is 0 Å². The molecule has 2 heteroatoms. The van der Waals surface area contributed by atoms with Crippen LogP contribution in [0.1, 0.15) is 86.6 Å². The van der Waals surface area contributed by atoms with Gasteiger partial charge in [0.05, 0.1) is 0 Å². The molecule has 2 nitrogen and oxygen atoms in total. The second-order valence-electron chi connectivity index (χ2n) is 8.66. The molecule has 1 saturated carbocycles. The zero-order chi connectivity index (χ0) is 21.1. The van der Waals surface area contributed by atoms with Gasteiger partial charge in [0.1, 0.15) is 11.4 Å². The third-order valence-corrected chi connectivity index (χ3v) is 6.85. The van der Waals surface area contributed by atoms with Crippen molar-refractivity contribution in [3.63, 3.8) is 0 Å². The van der Waals surface area contributed by atoms with E-state index in [1.54, 1.807) is 0 Å². The molecular weight excluding hydrogens is 356 g/mol. The van der Waals surface area contributed by atoms with E-state index in [0.717, 1.165) is 55.2 Å². The van der Waals surface area contributed by atoms with Crippen molar-refractivity contribution in [1.29, 1.82) is 0 Å². The van der Waals surface area contributed by atoms with Crippen LogP contribution in [0.25, 0.3) is 0 Å². The first-order valence-corrected chi connectivity index (χ1v) is 11.0. The minimum absolute atomic E-state index is 0.0866. The fourth-order valence-corrected chi connectivity index (χ4v) is 4.73. The summed E-state index contributed by atoms with van der Waals surface area (Å²) in [7, 11) is 0. The van der Waals surface area contributed by atoms with Crippen LogP contribution in [0.3, 0.4) is 0 Å². The Labute approximate surface area is 176 Å². The summed E-state index contributed by atoms with van der Waals surface area (Å²) in [4.78, 5) is 0. The molecule has 0 aromatic heterocycles. The van der Waals surface area contributed by atoms with Crippen LogP contribution in [0, 0.1) is 25.7 Å². The summed E-state index contributed by atoms with van der Waals surface area (Å²) >= 11 is 0. The molecule has 2 aromatic rings. The molecule has 0 unspecified atom stereocenters. The topological polar surface area (TPSA) is 40.5 Å². The summed E-state index contributed by atoms with van der Waals surface area (Å²) in [5, 5.41) is 20.6. The van der Waals surface area contributed by atoms with E-state index in [0.29, 0.717) is 5.75 Å². The smallest absolute Gasteiger partial charge is 0.125 e. The average molecular weight is 391 g/mol. The van der Waals surface area contributed by atoms with E-state index in [1.165, 1.54) is 17.5 Å². The van der Waals surface area contributed by atoms with E-state index < -0.39 is 5.60 Å². The summed E-state index contributed by atoms with van der Waals surface area (Å²) in [6.45, 7) is 8.52. The number of rotatable bonds is 4. The maximum absolute atomic E-state index is 10.7. The highest BCUT2D eigenvalue weighted by molar-refractivity contribution is 5.50. The maximum Gasteiger partial charge on any atom is 0.125 e. The lowest BCUT2D eigenvalue weighted by Crippen LogP contribution is -2.29. The van der Waals surface area contributed by atoms with Crippen LogP contribution in [0.2, 0.25) is 0 Å². The fourth-order valence-electron chi connectivity index (χ4n) is 4.73. The van der Waals surface area contributed by atoms with Crippen molar-refractivity contribution < 1.29 is 10.2 Å². The lowest BCUT2D eigenvalue weighted by molar-refractivity contribution is 0.0610. The summed E-state index contributed by atoms with van der Waals surface area (Å²) in [6.07, 6.45) is 6.86. The van der Waals surface area contributed by atoms with Crippen molar-refractivity contribution in [2.75, 3.05) is 0 Å². The van der Waals surface area contributed by atoms with Gasteiger partial charge < -0.3 is 10.2 Å². The predicted molar refractivity (Wildman–Crippen MR) is 120 cm³/mol. The van der Waals surface area contributed by atoms with Gasteiger partial charge in [-0.3, -0.25) is 0 Å². The van der Waals surface area contributed by atoms with Crippen LogP contribution in [0.4, 0.5) is 0 Å². The Morgan fingerprint density at radius 2 is 1.48 bits per heavy atom. The lowest BCUT2D eigenvalue weighted by Gasteiger charge is -2.34. The molecule has 3 rings (SSSR count). The van der Waals surface area contributed by atoms with E-state index in [2.05, 4.69) is 62.9 Å². The largest absolute Gasteiger partial charge is 0.508 e. The Morgan fingerprint density at radius 3 is 2.03 bits per heavy atom. The van der Waals surface area contributed by atoms with Gasteiger partial charge >= 0.3 is 0 Å². The molecule has 0 amide bonds. The molecule has 0 spiro atoms. The summed E-state index contributed by atoms with van der Waals surface area (Å²) in [5.74, 6) is 6.77. The molecule has 2 N–H and O–H groups in total. The van der Waals surface area contributed by atoms with Crippen molar-refractivity contribution in [3.8, 4) is 17.6 Å². The average Bonchev–Trinajstić information content (AvgIpc) is 2.72. The standard InChI is InChI=1S/C27H34O2/c1-5-27(6-2,24-12-13-25(28)21(4)19-24)23-11-10-22(20(3)18-23)14-17-26(29)15-8-7-9-16-26/h10-13,18-19,28-29H,5-9,15-16H2,1-4H3. The van der Waals surface area contributed by atoms with E-state index in [-0.39, 0.29) is 5.41 Å². The zero-order valence-electron chi connectivity index (χ0n) is 18.3. The maximum atomic E-state index is 10.7. The van der Waals surface area contributed by atoms with E-state index in [9.17, 15) is 10.2 Å². The highest BCUT2D eigenvalue weighted by Crippen LogP contribution is 2.40. The van der Waals surface area contributed by atoms with Gasteiger partial charge in [-0.25, -0.2) is 0 Å². The molecule has 0 atom stereocenters. The Morgan fingerprint density at radius 1 is 0.897 bits per heavy atom. The summed E-state index contributed by atoms with van der Waals surface area (Å²) < 4.78 is 0. The molecule has 2 aromatic carbocycles. The van der Waals surface area contributed by atoms with Gasteiger partial charge in [-0.1, -0.05) is 56.4 Å². The summed E-state index contributed by atoms with van der Waals surface area (Å²) in [6, 6.07) is 12.5. The van der Waals surface area contributed by atoms with E-state index >= 15 is 0 Å². The minimum atomic E-state index is -0.816. The van der Waals surface area contributed by atoms with Crippen LogP contribution in [0.5, 0.6) is 5.75 Å². The number of benzene rings is 2. The number of aryl methyl sites for hydroxylation is 2. The van der Waals surface area contributed by atoms with Crippen LogP contribution in [-0.4, -0.2) is 15.8 Å². The first-order chi connectivity index (χ1) is 13.8. The molecule has 154 valence electrons. The Bertz CT molecular complexity index is 919. The second kappa shape index (κ2) is 8.64. The van der Waals surface area contributed by atoms with Gasteiger partial charge in [0, 0.05) is 11.0 Å². The van der Waals surface area contributed by atoms with Gasteiger partial charge in [0.15, 0.2) is 0 Å². The first kappa shape index (κ1) is 21.5. The van der Waals surface area contributed by atoms with Crippen molar-refractivity contribution in [3.05, 3.63) is 64.2 Å². The van der Waals surface area contributed by atoms with Gasteiger partial charge in [-0.2, -0.15) is 0 Å². The quantitative estimate of drug-likeness (QED) is 0.614. The first-order valence-electron chi connectivity index (χ1n) is 11.0. The van der Waals surface area contributed by atoms with Crippen molar-refractivity contribution in [2.45, 2.75) is 83.7 Å². The van der Waals surface area contributed by atoms with E-state index in [4.69, 9.17) is 0 Å². The molecule has 0 saturated heterocycles. The highest BCUT2D eigenvalue weighted by atomic mass is 16.3. The van der Waals surface area contributed by atoms with Crippen molar-refractivity contribution >= 4 is 0 Å². The third-order valence-electron chi connectivity index (χ3n) is 6.85. The number of aliphatic hydroxyl groups is 1. The van der Waals surface area contributed by atoms with Crippen molar-refractivity contribution in [1.82, 2.24) is 0 Å². The fraction of sp³-hybridized carbons (Fsp3) is 0.481. The van der Waals surface area contributed by atoms with Crippen LogP contribution in [-0.2, 0) is 5.41 Å². The van der Waals surface area contributed by atoms with Gasteiger partial charge in [0.25, 0.3) is 0 Å². The number of phenolic OH excluding ortho intramolecular Hbond substituents is 1. The number of phenols is 1. The van der Waals surface area contributed by atoms with Gasteiger partial charge in [-0.15, -0.1) is 0 Å². The normalized spacial score (nSPS) is 16.2. The SMILES string of the molecule is CCC(CC)(c1ccc(O)c(C)c1)c1ccc(C#CC2(O)CCCCC2)c(C)c1. The van der Waals surface area contributed by atoms with Crippen LogP contribution in [0.15, 0.2) is 36.4 Å². The molecule has 1 aliphatic rings. The Hall–Kier alpha value is -2.24. The van der Waals surface area contributed by atoms with Crippen LogP contribution < -0.4 is 0 Å². The van der Waals surface area contributed by atoms with Crippen molar-refractivity contribution in [2.24, 2.45) is 0 Å². The Balaban J connectivity index is 1.97. The highest BCUT2D eigenvalue weighted by Gasteiger charge is 2.31. The third kappa shape index (κ3) is 4.36. The Kier molecular flexibility index (Phi) is 6.39. The zero-order valence-corrected chi connectivity index (χ0v) is 18.3. The molecule has 0 heterocycles. The summed E-state index contributed by atoms with van der Waals surface area (Å²) in [5.41, 5.74) is 4.68. The monoisotopic (exact) mass is 390 g/mol. The molecule has 0 aliphatic heterocycles. The van der Waals surface area contributed by atoms with E-state index in [1.807, 2.05) is 13.0 Å². The molecule has 1 fully saturated rings. The number of aromatic hydroxyl groups is 1. The molecular formula is C27H34O2.